The van der Waals surface area contributed by atoms with Gasteiger partial charge in [-0.15, -0.1) is 0 Å². The van der Waals surface area contributed by atoms with Crippen LogP contribution in [0, 0.1) is 11.6 Å². The molecule has 35 heavy (non-hydrogen) atoms. The third kappa shape index (κ3) is 5.45. The Bertz CT molecular complexity index is 1340. The Balaban J connectivity index is 1.78. The highest BCUT2D eigenvalue weighted by Crippen LogP contribution is 2.44. The van der Waals surface area contributed by atoms with Gasteiger partial charge in [0.05, 0.1) is 22.9 Å². The molecule has 4 rings (SSSR count). The monoisotopic (exact) mass is 508 g/mol. The van der Waals surface area contributed by atoms with Gasteiger partial charge in [0.25, 0.3) is 0 Å². The number of nitrogens with zero attached hydrogens (tertiary/aromatic N) is 1. The van der Waals surface area contributed by atoms with Gasteiger partial charge in [-0.25, -0.2) is 13.8 Å². The first kappa shape index (κ1) is 24.7. The molecular formula is C25H16ClF5NO3-. The fourth-order valence-corrected chi connectivity index (χ4v) is 4.11. The first-order valence-electron chi connectivity index (χ1n) is 10.4. The van der Waals surface area contributed by atoms with Crippen LogP contribution < -0.4 is 9.84 Å². The van der Waals surface area contributed by atoms with Crippen molar-refractivity contribution in [2.45, 2.75) is 32.0 Å². The second kappa shape index (κ2) is 9.65. The molecule has 0 fully saturated rings. The van der Waals surface area contributed by atoms with Crippen LogP contribution in [0.5, 0.6) is 5.75 Å². The van der Waals surface area contributed by atoms with E-state index >= 15 is 0 Å². The van der Waals surface area contributed by atoms with Crippen molar-refractivity contribution in [1.29, 1.82) is 0 Å². The predicted octanol–water partition coefficient (Wildman–Crippen LogP) is 6.07. The summed E-state index contributed by atoms with van der Waals surface area (Å²) in [5.41, 5.74) is -0.565. The van der Waals surface area contributed by atoms with E-state index in [4.69, 9.17) is 16.3 Å². The molecule has 3 aromatic rings. The first-order valence-corrected chi connectivity index (χ1v) is 10.8. The lowest BCUT2D eigenvalue weighted by molar-refractivity contribution is -0.255. The van der Waals surface area contributed by atoms with Crippen molar-refractivity contribution < 1.29 is 36.6 Å². The molecule has 10 heteroatoms. The van der Waals surface area contributed by atoms with E-state index in [1.165, 1.54) is 18.2 Å². The summed E-state index contributed by atoms with van der Waals surface area (Å²) in [6.07, 6.45) is -3.43. The standard InChI is InChI=1S/C25H17ClF5NO3/c26-15-5-7-23(35-12-13-4-6-16(27)11-20(13)28)19(10-15)17-2-1-3-18(17)21-8-14(25(29,30)31)9-22(32-21)24(33)34/h4-11H,1-3,12H2,(H,33,34)/p-1. The van der Waals surface area contributed by atoms with Crippen molar-refractivity contribution in [1.82, 2.24) is 4.98 Å². The average Bonchev–Trinajstić information content (AvgIpc) is 3.28. The predicted molar refractivity (Wildman–Crippen MR) is 116 cm³/mol. The Hall–Kier alpha value is -3.46. The number of rotatable bonds is 6. The van der Waals surface area contributed by atoms with Crippen molar-refractivity contribution in [2.75, 3.05) is 0 Å². The van der Waals surface area contributed by atoms with Crippen molar-refractivity contribution in [2.24, 2.45) is 0 Å². The number of alkyl halides is 3. The summed E-state index contributed by atoms with van der Waals surface area (Å²) in [6.45, 7) is -0.236. The molecule has 0 unspecified atom stereocenters. The number of aromatic carboxylic acids is 1. The maximum absolute atomic E-state index is 14.0. The van der Waals surface area contributed by atoms with Crippen molar-refractivity contribution in [3.63, 3.8) is 0 Å². The molecule has 0 aliphatic heterocycles. The third-order valence-electron chi connectivity index (χ3n) is 5.55. The molecule has 1 heterocycles. The van der Waals surface area contributed by atoms with E-state index in [0.29, 0.717) is 47.1 Å². The minimum Gasteiger partial charge on any atom is -0.543 e. The fraction of sp³-hybridized carbons (Fsp3) is 0.200. The average molecular weight is 509 g/mol. The second-order valence-corrected chi connectivity index (χ2v) is 8.32. The summed E-state index contributed by atoms with van der Waals surface area (Å²) in [5.74, 6) is -3.07. The van der Waals surface area contributed by atoms with Crippen LogP contribution in [-0.4, -0.2) is 11.0 Å². The SMILES string of the molecule is O=C([O-])c1cc(C(F)(F)F)cc(C2=C(c3cc(Cl)ccc3OCc3ccc(F)cc3F)CCC2)n1. The Labute approximate surface area is 201 Å². The molecular weight excluding hydrogens is 493 g/mol. The highest BCUT2D eigenvalue weighted by Gasteiger charge is 2.33. The Morgan fingerprint density at radius 2 is 1.77 bits per heavy atom. The molecule has 0 atom stereocenters. The van der Waals surface area contributed by atoms with Gasteiger partial charge in [0.1, 0.15) is 24.0 Å². The highest BCUT2D eigenvalue weighted by atomic mass is 35.5. The molecule has 1 aliphatic carbocycles. The van der Waals surface area contributed by atoms with Crippen molar-refractivity contribution in [3.05, 3.63) is 93.3 Å². The van der Waals surface area contributed by atoms with Gasteiger partial charge in [-0.3, -0.25) is 0 Å². The minimum atomic E-state index is -4.79. The Morgan fingerprint density at radius 1 is 1.03 bits per heavy atom. The normalized spacial score (nSPS) is 13.9. The number of carboxylic acids is 1. The van der Waals surface area contributed by atoms with E-state index in [-0.39, 0.29) is 23.6 Å². The van der Waals surface area contributed by atoms with Crippen LogP contribution in [0.15, 0.2) is 48.5 Å². The number of allylic oxidation sites excluding steroid dienone is 2. The topological polar surface area (TPSA) is 62.2 Å². The number of halogens is 6. The van der Waals surface area contributed by atoms with E-state index in [1.807, 2.05) is 0 Å². The van der Waals surface area contributed by atoms with Crippen LogP contribution in [-0.2, 0) is 12.8 Å². The van der Waals surface area contributed by atoms with Gasteiger partial charge < -0.3 is 14.6 Å². The molecule has 1 aliphatic rings. The zero-order chi connectivity index (χ0) is 25.3. The number of carboxylic acid groups (broad SMARTS) is 1. The highest BCUT2D eigenvalue weighted by molar-refractivity contribution is 6.30. The van der Waals surface area contributed by atoms with E-state index in [9.17, 15) is 31.9 Å². The lowest BCUT2D eigenvalue weighted by Gasteiger charge is -2.17. The first-order chi connectivity index (χ1) is 16.5. The van der Waals surface area contributed by atoms with Gasteiger partial charge in [-0.1, -0.05) is 11.6 Å². The van der Waals surface area contributed by atoms with E-state index in [1.54, 1.807) is 6.07 Å². The second-order valence-electron chi connectivity index (χ2n) is 7.89. The van der Waals surface area contributed by atoms with Crippen LogP contribution in [0.3, 0.4) is 0 Å². The maximum atomic E-state index is 14.0. The zero-order valence-corrected chi connectivity index (χ0v) is 18.6. The molecule has 0 spiro atoms. The van der Waals surface area contributed by atoms with E-state index < -0.39 is 35.0 Å². The Kier molecular flexibility index (Phi) is 6.80. The van der Waals surface area contributed by atoms with Gasteiger partial charge in [-0.05, 0) is 72.9 Å². The number of benzene rings is 2. The summed E-state index contributed by atoms with van der Waals surface area (Å²) in [5, 5.41) is 11.6. The Morgan fingerprint density at radius 3 is 2.46 bits per heavy atom. The molecule has 2 aromatic carbocycles. The van der Waals surface area contributed by atoms with Crippen LogP contribution in [0.4, 0.5) is 22.0 Å². The number of pyridine rings is 1. The summed E-state index contributed by atoms with van der Waals surface area (Å²) < 4.78 is 73.2. The van der Waals surface area contributed by atoms with Gasteiger partial charge in [-0.2, -0.15) is 13.2 Å². The van der Waals surface area contributed by atoms with Crippen molar-refractivity contribution in [3.8, 4) is 5.75 Å². The number of carbonyl (C=O) groups is 1. The molecule has 4 nitrogen and oxygen atoms in total. The zero-order valence-electron chi connectivity index (χ0n) is 17.9. The summed E-state index contributed by atoms with van der Waals surface area (Å²) in [7, 11) is 0. The van der Waals surface area contributed by atoms with Gasteiger partial charge >= 0.3 is 6.18 Å². The maximum Gasteiger partial charge on any atom is 0.416 e. The van der Waals surface area contributed by atoms with Crippen LogP contribution in [0.2, 0.25) is 5.02 Å². The largest absolute Gasteiger partial charge is 0.543 e. The quantitative estimate of drug-likeness (QED) is 0.379. The molecule has 0 bridgehead atoms. The molecule has 0 saturated heterocycles. The lowest BCUT2D eigenvalue weighted by Crippen LogP contribution is -2.25. The van der Waals surface area contributed by atoms with E-state index in [2.05, 4.69) is 4.98 Å². The van der Waals surface area contributed by atoms with Crippen LogP contribution >= 0.6 is 11.6 Å². The van der Waals surface area contributed by atoms with Crippen LogP contribution in [0.25, 0.3) is 11.1 Å². The number of hydrogen-bond acceptors (Lipinski definition) is 4. The van der Waals surface area contributed by atoms with Crippen LogP contribution in [0.1, 0.15) is 52.1 Å². The molecule has 182 valence electrons. The number of hydrogen-bond donors (Lipinski definition) is 0. The van der Waals surface area contributed by atoms with Gasteiger partial charge in [0, 0.05) is 22.2 Å². The summed E-state index contributed by atoms with van der Waals surface area (Å²) in [4.78, 5) is 15.2. The molecule has 0 saturated carbocycles. The van der Waals surface area contributed by atoms with Crippen molar-refractivity contribution >= 4 is 28.7 Å². The third-order valence-corrected chi connectivity index (χ3v) is 5.79. The lowest BCUT2D eigenvalue weighted by atomic mass is 9.98. The molecule has 0 N–H and O–H groups in total. The minimum absolute atomic E-state index is 0.103. The molecule has 0 radical (unpaired) electrons. The summed E-state index contributed by atoms with van der Waals surface area (Å²) in [6, 6.07) is 8.93. The fourth-order valence-electron chi connectivity index (χ4n) is 3.94. The smallest absolute Gasteiger partial charge is 0.416 e. The number of carbonyl (C=O) groups excluding carboxylic acids is 1. The number of aromatic nitrogens is 1. The number of ether oxygens (including phenoxy) is 1. The van der Waals surface area contributed by atoms with E-state index in [0.717, 1.165) is 18.2 Å². The summed E-state index contributed by atoms with van der Waals surface area (Å²) >= 11 is 6.17. The molecule has 0 amide bonds. The molecule has 1 aromatic heterocycles. The van der Waals surface area contributed by atoms with Gasteiger partial charge in [0.15, 0.2) is 0 Å². The van der Waals surface area contributed by atoms with Gasteiger partial charge in [0.2, 0.25) is 0 Å².